The van der Waals surface area contributed by atoms with Gasteiger partial charge in [-0.25, -0.2) is 4.79 Å². The Bertz CT molecular complexity index is 361. The zero-order valence-electron chi connectivity index (χ0n) is 13.5. The van der Waals surface area contributed by atoms with E-state index < -0.39 is 5.97 Å². The Morgan fingerprint density at radius 3 is 2.33 bits per heavy atom. The second-order valence-corrected chi connectivity index (χ2v) is 6.70. The van der Waals surface area contributed by atoms with E-state index in [1.807, 2.05) is 27.7 Å². The van der Waals surface area contributed by atoms with Gasteiger partial charge in [0.05, 0.1) is 12.2 Å². The molecule has 0 aliphatic carbocycles. The van der Waals surface area contributed by atoms with Crippen LogP contribution in [0, 0.1) is 5.41 Å². The van der Waals surface area contributed by atoms with Crippen LogP contribution in [0.1, 0.15) is 47.0 Å². The molecule has 21 heavy (non-hydrogen) atoms. The zero-order chi connectivity index (χ0) is 16.0. The summed E-state index contributed by atoms with van der Waals surface area (Å²) in [6.45, 7) is 9.76. The van der Waals surface area contributed by atoms with Gasteiger partial charge in [-0.2, -0.15) is 0 Å². The van der Waals surface area contributed by atoms with E-state index in [1.165, 1.54) is 0 Å². The molecule has 0 aromatic carbocycles. The maximum atomic E-state index is 12.1. The highest BCUT2D eigenvalue weighted by molar-refractivity contribution is 5.74. The van der Waals surface area contributed by atoms with E-state index >= 15 is 0 Å². The molecular formula is C15H28N2O4. The summed E-state index contributed by atoms with van der Waals surface area (Å²) < 4.78 is 5.60. The minimum Gasteiger partial charge on any atom is -0.481 e. The van der Waals surface area contributed by atoms with E-state index in [4.69, 9.17) is 9.84 Å². The summed E-state index contributed by atoms with van der Waals surface area (Å²) in [4.78, 5) is 24.5. The minimum atomic E-state index is -0.775. The number of morpholine rings is 1. The van der Waals surface area contributed by atoms with Crippen LogP contribution in [0.4, 0.5) is 4.79 Å². The van der Waals surface area contributed by atoms with Gasteiger partial charge in [-0.15, -0.1) is 0 Å². The van der Waals surface area contributed by atoms with Gasteiger partial charge in [-0.3, -0.25) is 4.79 Å². The predicted molar refractivity (Wildman–Crippen MR) is 80.2 cm³/mol. The number of urea groups is 1. The van der Waals surface area contributed by atoms with Crippen LogP contribution in [-0.2, 0) is 9.53 Å². The molecule has 1 heterocycles. The molecule has 2 atom stereocenters. The lowest BCUT2D eigenvalue weighted by molar-refractivity contribution is -0.137. The van der Waals surface area contributed by atoms with Crippen LogP contribution >= 0.6 is 0 Å². The smallest absolute Gasteiger partial charge is 0.317 e. The summed E-state index contributed by atoms with van der Waals surface area (Å²) in [7, 11) is 0. The Balaban J connectivity index is 2.31. The standard InChI is InChI=1S/C15H28N2O4/c1-11-9-17(10-12(2)21-11)14(20)16-8-7-15(3,4)6-5-13(18)19/h11-12H,5-10H2,1-4H3,(H,16,20)(H,18,19)/t11-,12+. The molecule has 6 heteroatoms. The fourth-order valence-corrected chi connectivity index (χ4v) is 2.53. The second kappa shape index (κ2) is 7.64. The molecule has 1 aliphatic heterocycles. The normalized spacial score (nSPS) is 23.0. The molecule has 0 spiro atoms. The van der Waals surface area contributed by atoms with Crippen molar-refractivity contribution in [3.8, 4) is 0 Å². The average Bonchev–Trinajstić information content (AvgIpc) is 2.35. The number of ether oxygens (including phenoxy) is 1. The summed E-state index contributed by atoms with van der Waals surface area (Å²) in [5.41, 5.74) is -0.0860. The Kier molecular flexibility index (Phi) is 6.45. The number of carbonyl (C=O) groups is 2. The van der Waals surface area contributed by atoms with Crippen molar-refractivity contribution in [3.63, 3.8) is 0 Å². The van der Waals surface area contributed by atoms with Crippen LogP contribution < -0.4 is 5.32 Å². The lowest BCUT2D eigenvalue weighted by Crippen LogP contribution is -2.52. The van der Waals surface area contributed by atoms with Gasteiger partial charge in [0.2, 0.25) is 0 Å². The SMILES string of the molecule is C[C@@H]1CN(C(=O)NCCC(C)(C)CCC(=O)O)C[C@H](C)O1. The van der Waals surface area contributed by atoms with Crippen LogP contribution in [0.15, 0.2) is 0 Å². The molecule has 2 amide bonds. The summed E-state index contributed by atoms with van der Waals surface area (Å²) >= 11 is 0. The first-order chi connectivity index (χ1) is 9.69. The van der Waals surface area contributed by atoms with E-state index in [2.05, 4.69) is 5.32 Å². The van der Waals surface area contributed by atoms with Crippen molar-refractivity contribution < 1.29 is 19.4 Å². The van der Waals surface area contributed by atoms with Crippen LogP contribution in [0.3, 0.4) is 0 Å². The van der Waals surface area contributed by atoms with E-state index in [-0.39, 0.29) is 30.1 Å². The van der Waals surface area contributed by atoms with Crippen LogP contribution in [0.5, 0.6) is 0 Å². The van der Waals surface area contributed by atoms with Crippen molar-refractivity contribution >= 4 is 12.0 Å². The van der Waals surface area contributed by atoms with Gasteiger partial charge in [0.15, 0.2) is 0 Å². The third-order valence-corrected chi connectivity index (χ3v) is 3.80. The van der Waals surface area contributed by atoms with Crippen molar-refractivity contribution in [1.29, 1.82) is 0 Å². The Morgan fingerprint density at radius 2 is 1.81 bits per heavy atom. The molecule has 0 unspecified atom stereocenters. The van der Waals surface area contributed by atoms with Crippen molar-refractivity contribution in [3.05, 3.63) is 0 Å². The van der Waals surface area contributed by atoms with Gasteiger partial charge in [0, 0.05) is 26.1 Å². The number of hydrogen-bond donors (Lipinski definition) is 2. The van der Waals surface area contributed by atoms with Crippen molar-refractivity contribution in [2.24, 2.45) is 5.41 Å². The number of amides is 2. The van der Waals surface area contributed by atoms with Gasteiger partial charge >= 0.3 is 12.0 Å². The second-order valence-electron chi connectivity index (χ2n) is 6.70. The third kappa shape index (κ3) is 6.80. The topological polar surface area (TPSA) is 78.9 Å². The molecule has 122 valence electrons. The quantitative estimate of drug-likeness (QED) is 0.787. The summed E-state index contributed by atoms with van der Waals surface area (Å²) in [6, 6.07) is -0.0639. The molecule has 2 N–H and O–H groups in total. The highest BCUT2D eigenvalue weighted by atomic mass is 16.5. The molecule has 0 aromatic heterocycles. The Morgan fingerprint density at radius 1 is 1.24 bits per heavy atom. The fraction of sp³-hybridized carbons (Fsp3) is 0.867. The lowest BCUT2D eigenvalue weighted by atomic mass is 9.84. The van der Waals surface area contributed by atoms with E-state index in [1.54, 1.807) is 4.90 Å². The third-order valence-electron chi connectivity index (χ3n) is 3.80. The number of nitrogens with zero attached hydrogens (tertiary/aromatic N) is 1. The summed E-state index contributed by atoms with van der Waals surface area (Å²) in [5, 5.41) is 11.6. The van der Waals surface area contributed by atoms with Crippen LogP contribution in [0.25, 0.3) is 0 Å². The number of aliphatic carboxylic acids is 1. The van der Waals surface area contributed by atoms with E-state index in [0.717, 1.165) is 6.42 Å². The molecule has 1 saturated heterocycles. The molecule has 0 radical (unpaired) electrons. The zero-order valence-corrected chi connectivity index (χ0v) is 13.5. The largest absolute Gasteiger partial charge is 0.481 e. The Hall–Kier alpha value is -1.30. The van der Waals surface area contributed by atoms with Crippen LogP contribution in [-0.4, -0.2) is 53.8 Å². The van der Waals surface area contributed by atoms with Crippen molar-refractivity contribution in [2.45, 2.75) is 59.2 Å². The number of hydrogen-bond acceptors (Lipinski definition) is 3. The number of carboxylic acid groups (broad SMARTS) is 1. The molecule has 1 aliphatic rings. The maximum Gasteiger partial charge on any atom is 0.317 e. The van der Waals surface area contributed by atoms with Crippen molar-refractivity contribution in [2.75, 3.05) is 19.6 Å². The predicted octanol–water partition coefficient (Wildman–Crippen LogP) is 2.09. The first kappa shape index (κ1) is 17.8. The fourth-order valence-electron chi connectivity index (χ4n) is 2.53. The molecule has 6 nitrogen and oxygen atoms in total. The van der Waals surface area contributed by atoms with Gasteiger partial charge in [0.1, 0.15) is 0 Å². The maximum absolute atomic E-state index is 12.1. The van der Waals surface area contributed by atoms with E-state index in [9.17, 15) is 9.59 Å². The number of carboxylic acids is 1. The molecule has 1 rings (SSSR count). The van der Waals surface area contributed by atoms with Gasteiger partial charge in [0.25, 0.3) is 0 Å². The molecule has 0 saturated carbocycles. The first-order valence-electron chi connectivity index (χ1n) is 7.59. The number of rotatable bonds is 6. The monoisotopic (exact) mass is 300 g/mol. The molecule has 0 bridgehead atoms. The summed E-state index contributed by atoms with van der Waals surface area (Å²) in [5.74, 6) is -0.775. The van der Waals surface area contributed by atoms with E-state index in [0.29, 0.717) is 26.1 Å². The molecular weight excluding hydrogens is 272 g/mol. The van der Waals surface area contributed by atoms with Gasteiger partial charge in [-0.05, 0) is 32.1 Å². The number of carbonyl (C=O) groups excluding carboxylic acids is 1. The Labute approximate surface area is 126 Å². The average molecular weight is 300 g/mol. The summed E-state index contributed by atoms with van der Waals surface area (Å²) in [6.07, 6.45) is 1.67. The molecule has 0 aromatic rings. The first-order valence-corrected chi connectivity index (χ1v) is 7.59. The highest BCUT2D eigenvalue weighted by Gasteiger charge is 2.26. The number of nitrogens with one attached hydrogen (secondary N) is 1. The van der Waals surface area contributed by atoms with Crippen molar-refractivity contribution in [1.82, 2.24) is 10.2 Å². The van der Waals surface area contributed by atoms with Gasteiger partial charge < -0.3 is 20.1 Å². The lowest BCUT2D eigenvalue weighted by Gasteiger charge is -2.35. The van der Waals surface area contributed by atoms with Gasteiger partial charge in [-0.1, -0.05) is 13.8 Å². The van der Waals surface area contributed by atoms with Crippen LogP contribution in [0.2, 0.25) is 0 Å². The highest BCUT2D eigenvalue weighted by Crippen LogP contribution is 2.26. The molecule has 1 fully saturated rings. The minimum absolute atomic E-state index is 0.0616.